The minimum absolute atomic E-state index is 0.321. The van der Waals surface area contributed by atoms with Gasteiger partial charge in [-0.25, -0.2) is 0 Å². The predicted octanol–water partition coefficient (Wildman–Crippen LogP) is 3.73. The Bertz CT molecular complexity index is 412. The van der Waals surface area contributed by atoms with E-state index in [4.69, 9.17) is 5.26 Å². The fourth-order valence-electron chi connectivity index (χ4n) is 2.39. The van der Waals surface area contributed by atoms with E-state index in [0.29, 0.717) is 18.5 Å². The maximum atomic E-state index is 8.85. The summed E-state index contributed by atoms with van der Waals surface area (Å²) in [6.45, 7) is 4.27. The molecule has 2 unspecified atom stereocenters. The molecule has 1 aromatic carbocycles. The Hall–Kier alpha value is -1.33. The van der Waals surface area contributed by atoms with E-state index in [1.54, 1.807) is 0 Å². The Morgan fingerprint density at radius 3 is 2.50 bits per heavy atom. The summed E-state index contributed by atoms with van der Waals surface area (Å²) < 4.78 is 0. The van der Waals surface area contributed by atoms with Crippen molar-refractivity contribution in [1.82, 2.24) is 5.32 Å². The van der Waals surface area contributed by atoms with Crippen molar-refractivity contribution in [3.63, 3.8) is 0 Å². The molecule has 1 aliphatic carbocycles. The average Bonchev–Trinajstić information content (AvgIpc) is 3.20. The lowest BCUT2D eigenvalue weighted by atomic mass is 9.99. The lowest BCUT2D eigenvalue weighted by Gasteiger charge is -2.24. The first kappa shape index (κ1) is 13.1. The summed E-state index contributed by atoms with van der Waals surface area (Å²) >= 11 is 0. The first-order chi connectivity index (χ1) is 8.74. The highest BCUT2D eigenvalue weighted by Crippen LogP contribution is 2.41. The normalized spacial score (nSPS) is 18.1. The largest absolute Gasteiger partial charge is 0.306 e. The molecule has 18 heavy (non-hydrogen) atoms. The quantitative estimate of drug-likeness (QED) is 0.825. The third-order valence-electron chi connectivity index (χ3n) is 3.78. The lowest BCUT2D eigenvalue weighted by molar-refractivity contribution is 0.397. The Labute approximate surface area is 110 Å². The van der Waals surface area contributed by atoms with Crippen LogP contribution in [0.2, 0.25) is 0 Å². The fourth-order valence-corrected chi connectivity index (χ4v) is 2.39. The van der Waals surface area contributed by atoms with Crippen molar-refractivity contribution in [2.45, 2.75) is 51.6 Å². The Balaban J connectivity index is 2.08. The van der Waals surface area contributed by atoms with Crippen LogP contribution in [0.4, 0.5) is 0 Å². The van der Waals surface area contributed by atoms with Gasteiger partial charge in [0, 0.05) is 12.1 Å². The van der Waals surface area contributed by atoms with Crippen LogP contribution in [0.25, 0.3) is 0 Å². The molecular formula is C16H22N2. The molecule has 96 valence electrons. The highest BCUT2D eigenvalue weighted by atomic mass is 15.0. The van der Waals surface area contributed by atoms with Gasteiger partial charge in [-0.05, 0) is 37.7 Å². The van der Waals surface area contributed by atoms with Gasteiger partial charge in [-0.15, -0.1) is 0 Å². The molecule has 2 rings (SSSR count). The zero-order valence-electron chi connectivity index (χ0n) is 11.3. The van der Waals surface area contributed by atoms with Gasteiger partial charge in [0.25, 0.3) is 0 Å². The number of rotatable bonds is 6. The van der Waals surface area contributed by atoms with E-state index >= 15 is 0 Å². The van der Waals surface area contributed by atoms with E-state index in [0.717, 1.165) is 12.3 Å². The standard InChI is InChI=1S/C16H22N2/c1-3-15(10-11-17)18-16(14-8-9-14)13-6-4-12(2)5-7-13/h4-7,14-16,18H,3,8-10H2,1-2H3. The molecule has 1 fully saturated rings. The molecule has 1 N–H and O–H groups in total. The minimum Gasteiger partial charge on any atom is -0.306 e. The summed E-state index contributed by atoms with van der Waals surface area (Å²) in [6.07, 6.45) is 4.25. The predicted molar refractivity (Wildman–Crippen MR) is 74.1 cm³/mol. The molecule has 2 heteroatoms. The summed E-state index contributed by atoms with van der Waals surface area (Å²) in [5.41, 5.74) is 2.68. The van der Waals surface area contributed by atoms with E-state index in [1.165, 1.54) is 24.0 Å². The van der Waals surface area contributed by atoms with Crippen LogP contribution < -0.4 is 5.32 Å². The second kappa shape index (κ2) is 6.02. The van der Waals surface area contributed by atoms with Crippen molar-refractivity contribution >= 4 is 0 Å². The molecule has 1 aromatic rings. The van der Waals surface area contributed by atoms with E-state index in [1.807, 2.05) is 0 Å². The third kappa shape index (κ3) is 3.34. The molecule has 0 saturated heterocycles. The molecule has 2 nitrogen and oxygen atoms in total. The van der Waals surface area contributed by atoms with Crippen molar-refractivity contribution in [3.05, 3.63) is 35.4 Å². The van der Waals surface area contributed by atoms with Crippen molar-refractivity contribution in [2.75, 3.05) is 0 Å². The molecule has 0 aromatic heterocycles. The topological polar surface area (TPSA) is 35.8 Å². The van der Waals surface area contributed by atoms with E-state index in [9.17, 15) is 0 Å². The fraction of sp³-hybridized carbons (Fsp3) is 0.562. The summed E-state index contributed by atoms with van der Waals surface area (Å²) in [5.74, 6) is 0.764. The van der Waals surface area contributed by atoms with Crippen LogP contribution >= 0.6 is 0 Å². The van der Waals surface area contributed by atoms with E-state index in [-0.39, 0.29) is 0 Å². The van der Waals surface area contributed by atoms with Crippen LogP contribution in [-0.2, 0) is 0 Å². The summed E-state index contributed by atoms with van der Waals surface area (Å²) in [5, 5.41) is 12.5. The number of hydrogen-bond acceptors (Lipinski definition) is 2. The molecular weight excluding hydrogens is 220 g/mol. The van der Waals surface area contributed by atoms with Crippen LogP contribution in [0.15, 0.2) is 24.3 Å². The van der Waals surface area contributed by atoms with Gasteiger partial charge in [0.2, 0.25) is 0 Å². The maximum absolute atomic E-state index is 8.85. The highest BCUT2D eigenvalue weighted by Gasteiger charge is 2.33. The van der Waals surface area contributed by atoms with Crippen LogP contribution in [0.1, 0.15) is 49.8 Å². The zero-order valence-corrected chi connectivity index (χ0v) is 11.3. The molecule has 0 spiro atoms. The Morgan fingerprint density at radius 1 is 1.33 bits per heavy atom. The molecule has 1 aliphatic rings. The van der Waals surface area contributed by atoms with E-state index < -0.39 is 0 Å². The maximum Gasteiger partial charge on any atom is 0.0638 e. The van der Waals surface area contributed by atoms with Gasteiger partial charge >= 0.3 is 0 Å². The summed E-state index contributed by atoms with van der Waals surface area (Å²) in [6, 6.07) is 11.8. The SMILES string of the molecule is CCC(CC#N)NC(c1ccc(C)cc1)C1CC1. The van der Waals surface area contributed by atoms with Crippen molar-refractivity contribution in [1.29, 1.82) is 5.26 Å². The number of aryl methyl sites for hydroxylation is 1. The Kier molecular flexibility index (Phi) is 4.38. The zero-order chi connectivity index (χ0) is 13.0. The first-order valence-electron chi connectivity index (χ1n) is 6.94. The molecule has 0 radical (unpaired) electrons. The smallest absolute Gasteiger partial charge is 0.0638 e. The first-order valence-corrected chi connectivity index (χ1v) is 6.94. The molecule has 1 saturated carbocycles. The molecule has 0 aliphatic heterocycles. The summed E-state index contributed by atoms with van der Waals surface area (Å²) in [7, 11) is 0. The molecule has 2 atom stereocenters. The van der Waals surface area contributed by atoms with Crippen LogP contribution in [0.5, 0.6) is 0 Å². The second-order valence-electron chi connectivity index (χ2n) is 5.36. The Morgan fingerprint density at radius 2 is 2.00 bits per heavy atom. The van der Waals surface area contributed by atoms with Crippen molar-refractivity contribution in [2.24, 2.45) is 5.92 Å². The number of benzene rings is 1. The van der Waals surface area contributed by atoms with Crippen molar-refractivity contribution in [3.8, 4) is 6.07 Å². The number of nitriles is 1. The lowest BCUT2D eigenvalue weighted by Crippen LogP contribution is -2.33. The van der Waals surface area contributed by atoms with Crippen LogP contribution in [0.3, 0.4) is 0 Å². The molecule has 0 heterocycles. The highest BCUT2D eigenvalue weighted by molar-refractivity contribution is 5.25. The summed E-state index contributed by atoms with van der Waals surface area (Å²) in [4.78, 5) is 0. The van der Waals surface area contributed by atoms with Gasteiger partial charge in [-0.1, -0.05) is 36.8 Å². The van der Waals surface area contributed by atoms with Gasteiger partial charge in [0.1, 0.15) is 0 Å². The third-order valence-corrected chi connectivity index (χ3v) is 3.78. The average molecular weight is 242 g/mol. The number of nitrogens with zero attached hydrogens (tertiary/aromatic N) is 1. The van der Waals surface area contributed by atoms with Crippen LogP contribution in [-0.4, -0.2) is 6.04 Å². The van der Waals surface area contributed by atoms with Gasteiger partial charge in [0.05, 0.1) is 12.5 Å². The van der Waals surface area contributed by atoms with Gasteiger partial charge in [-0.2, -0.15) is 5.26 Å². The van der Waals surface area contributed by atoms with E-state index in [2.05, 4.69) is 49.5 Å². The molecule has 0 amide bonds. The van der Waals surface area contributed by atoms with Gasteiger partial charge in [-0.3, -0.25) is 0 Å². The van der Waals surface area contributed by atoms with Gasteiger partial charge in [0.15, 0.2) is 0 Å². The number of nitrogens with one attached hydrogen (secondary N) is 1. The number of hydrogen-bond donors (Lipinski definition) is 1. The van der Waals surface area contributed by atoms with Gasteiger partial charge < -0.3 is 5.32 Å². The monoisotopic (exact) mass is 242 g/mol. The second-order valence-corrected chi connectivity index (χ2v) is 5.36. The minimum atomic E-state index is 0.321. The van der Waals surface area contributed by atoms with Crippen molar-refractivity contribution < 1.29 is 0 Å². The van der Waals surface area contributed by atoms with Crippen LogP contribution in [0, 0.1) is 24.2 Å². The molecule has 0 bridgehead atoms.